The summed E-state index contributed by atoms with van der Waals surface area (Å²) < 4.78 is 10.9. The van der Waals surface area contributed by atoms with Gasteiger partial charge in [-0.15, -0.1) is 0 Å². The van der Waals surface area contributed by atoms with E-state index in [1.165, 1.54) is 7.11 Å². The fourth-order valence-electron chi connectivity index (χ4n) is 3.13. The predicted molar refractivity (Wildman–Crippen MR) is 132 cm³/mol. The van der Waals surface area contributed by atoms with Gasteiger partial charge in [-0.25, -0.2) is 0 Å². The molecule has 0 aliphatic carbocycles. The summed E-state index contributed by atoms with van der Waals surface area (Å²) in [7, 11) is 1.48. The van der Waals surface area contributed by atoms with Crippen molar-refractivity contribution in [1.29, 1.82) is 0 Å². The Morgan fingerprint density at radius 1 is 0.939 bits per heavy atom. The fraction of sp³-hybridized carbons (Fsp3) is 0.0417. The Bertz CT molecular complexity index is 1340. The third kappa shape index (κ3) is 5.14. The van der Waals surface area contributed by atoms with Gasteiger partial charge in [0.1, 0.15) is 11.3 Å². The van der Waals surface area contributed by atoms with Crippen molar-refractivity contribution in [2.75, 3.05) is 17.7 Å². The Morgan fingerprint density at radius 3 is 2.45 bits per heavy atom. The molecule has 3 aromatic carbocycles. The van der Waals surface area contributed by atoms with Crippen LogP contribution in [-0.4, -0.2) is 24.0 Å². The zero-order valence-electron chi connectivity index (χ0n) is 17.3. The molecule has 33 heavy (non-hydrogen) atoms. The molecule has 0 atom stereocenters. The Morgan fingerprint density at radius 2 is 1.70 bits per heavy atom. The Hall–Kier alpha value is -3.88. The molecule has 3 N–H and O–H groups in total. The van der Waals surface area contributed by atoms with Crippen LogP contribution < -0.4 is 20.7 Å². The van der Waals surface area contributed by atoms with Crippen molar-refractivity contribution in [3.63, 3.8) is 0 Å². The van der Waals surface area contributed by atoms with Crippen LogP contribution in [0, 0.1) is 0 Å². The fourth-order valence-corrected chi connectivity index (χ4v) is 3.56. The largest absolute Gasteiger partial charge is 0.494 e. The first-order valence-corrected chi connectivity index (χ1v) is 10.6. The molecule has 0 saturated carbocycles. The average molecular weight is 480 g/mol. The summed E-state index contributed by atoms with van der Waals surface area (Å²) in [6, 6.07) is 20.7. The molecule has 0 unspecified atom stereocenters. The number of carbonyl (C=O) groups excluding carboxylic acids is 2. The van der Waals surface area contributed by atoms with Crippen LogP contribution in [0.1, 0.15) is 20.9 Å². The maximum atomic E-state index is 12.5. The third-order valence-electron chi connectivity index (χ3n) is 4.70. The van der Waals surface area contributed by atoms with E-state index >= 15 is 0 Å². The van der Waals surface area contributed by atoms with Gasteiger partial charge in [0.25, 0.3) is 11.8 Å². The highest BCUT2D eigenvalue weighted by molar-refractivity contribution is 7.80. The van der Waals surface area contributed by atoms with Crippen molar-refractivity contribution in [2.24, 2.45) is 0 Å². The zero-order chi connectivity index (χ0) is 23.4. The number of halogens is 1. The van der Waals surface area contributed by atoms with Crippen molar-refractivity contribution < 1.29 is 18.7 Å². The summed E-state index contributed by atoms with van der Waals surface area (Å²) in [6.07, 6.45) is 0. The van der Waals surface area contributed by atoms with Crippen molar-refractivity contribution in [1.82, 2.24) is 5.32 Å². The minimum Gasteiger partial charge on any atom is -0.494 e. The van der Waals surface area contributed by atoms with E-state index in [9.17, 15) is 9.59 Å². The van der Waals surface area contributed by atoms with Gasteiger partial charge in [-0.1, -0.05) is 41.9 Å². The van der Waals surface area contributed by atoms with E-state index in [-0.39, 0.29) is 16.8 Å². The number of nitrogens with one attached hydrogen (secondary N) is 3. The highest BCUT2D eigenvalue weighted by Crippen LogP contribution is 2.29. The van der Waals surface area contributed by atoms with Crippen molar-refractivity contribution >= 4 is 63.1 Å². The predicted octanol–water partition coefficient (Wildman–Crippen LogP) is 5.47. The number of fused-ring (bicyclic) bond motifs is 1. The highest BCUT2D eigenvalue weighted by atomic mass is 35.5. The summed E-state index contributed by atoms with van der Waals surface area (Å²) in [6.45, 7) is 0. The van der Waals surface area contributed by atoms with Crippen LogP contribution >= 0.6 is 23.8 Å². The molecular formula is C24H18ClN3O4S. The van der Waals surface area contributed by atoms with E-state index in [1.807, 2.05) is 18.2 Å². The molecule has 4 rings (SSSR count). The average Bonchev–Trinajstić information content (AvgIpc) is 3.25. The van der Waals surface area contributed by atoms with E-state index in [0.717, 1.165) is 5.39 Å². The molecule has 166 valence electrons. The summed E-state index contributed by atoms with van der Waals surface area (Å²) in [5, 5.41) is 9.52. The van der Waals surface area contributed by atoms with E-state index in [2.05, 4.69) is 16.0 Å². The quantitative estimate of drug-likeness (QED) is 0.328. The zero-order valence-corrected chi connectivity index (χ0v) is 18.9. The van der Waals surface area contributed by atoms with Crippen LogP contribution in [-0.2, 0) is 0 Å². The lowest BCUT2D eigenvalue weighted by Crippen LogP contribution is -2.33. The standard InChI is InChI=1S/C24H18ClN3O4S/c1-31-20-13-15(10-11-18(20)27-22(29)16-7-3-4-8-17(16)25)26-24(33)28-23(30)21-12-14-6-2-5-9-19(14)32-21/h2-13H,1H3,(H,27,29)(H2,26,28,30,33). The summed E-state index contributed by atoms with van der Waals surface area (Å²) in [5.41, 5.74) is 1.96. The monoisotopic (exact) mass is 479 g/mol. The number of carbonyl (C=O) groups is 2. The first kappa shape index (κ1) is 22.3. The van der Waals surface area contributed by atoms with Gasteiger partial charge in [0.15, 0.2) is 10.9 Å². The lowest BCUT2D eigenvalue weighted by atomic mass is 10.2. The van der Waals surface area contributed by atoms with Gasteiger partial charge in [0.05, 0.1) is 23.4 Å². The number of ether oxygens (including phenoxy) is 1. The second-order valence-corrected chi connectivity index (χ2v) is 7.72. The SMILES string of the molecule is COc1cc(NC(=S)NC(=O)c2cc3ccccc3o2)ccc1NC(=O)c1ccccc1Cl. The van der Waals surface area contributed by atoms with Crippen LogP contribution in [0.5, 0.6) is 5.75 Å². The Labute approximate surface area is 199 Å². The topological polar surface area (TPSA) is 92.6 Å². The van der Waals surface area contributed by atoms with Crippen molar-refractivity contribution in [3.8, 4) is 5.75 Å². The molecule has 2 amide bonds. The van der Waals surface area contributed by atoms with Crippen molar-refractivity contribution in [2.45, 2.75) is 0 Å². The molecular weight excluding hydrogens is 462 g/mol. The molecule has 4 aromatic rings. The number of amides is 2. The molecule has 0 saturated heterocycles. The van der Waals surface area contributed by atoms with Gasteiger partial charge in [-0.05, 0) is 48.6 Å². The van der Waals surface area contributed by atoms with Gasteiger partial charge < -0.3 is 19.8 Å². The number of rotatable bonds is 5. The highest BCUT2D eigenvalue weighted by Gasteiger charge is 2.15. The molecule has 0 bridgehead atoms. The first-order valence-electron chi connectivity index (χ1n) is 9.79. The minimum absolute atomic E-state index is 0.0790. The number of hydrogen-bond donors (Lipinski definition) is 3. The third-order valence-corrected chi connectivity index (χ3v) is 5.24. The second-order valence-electron chi connectivity index (χ2n) is 6.91. The van der Waals surface area contributed by atoms with Crippen LogP contribution in [0.4, 0.5) is 11.4 Å². The van der Waals surface area contributed by atoms with E-state index in [4.69, 9.17) is 33.0 Å². The molecule has 9 heteroatoms. The molecule has 0 fully saturated rings. The summed E-state index contributed by atoms with van der Waals surface area (Å²) in [5.74, 6) is -0.296. The number of methoxy groups -OCH3 is 1. The molecule has 0 radical (unpaired) electrons. The van der Waals surface area contributed by atoms with Gasteiger partial charge in [0, 0.05) is 17.1 Å². The minimum atomic E-state index is -0.473. The molecule has 0 spiro atoms. The van der Waals surface area contributed by atoms with Crippen LogP contribution in [0.3, 0.4) is 0 Å². The van der Waals surface area contributed by atoms with Crippen LogP contribution in [0.15, 0.2) is 77.2 Å². The van der Waals surface area contributed by atoms with Gasteiger partial charge in [0.2, 0.25) is 0 Å². The second kappa shape index (κ2) is 9.72. The molecule has 0 aliphatic rings. The number of para-hydroxylation sites is 1. The van der Waals surface area contributed by atoms with Crippen molar-refractivity contribution in [3.05, 3.63) is 89.1 Å². The molecule has 1 aromatic heterocycles. The smallest absolute Gasteiger partial charge is 0.293 e. The number of anilines is 2. The molecule has 0 aliphatic heterocycles. The number of thiocarbonyl (C=S) groups is 1. The molecule has 7 nitrogen and oxygen atoms in total. The van der Waals surface area contributed by atoms with Gasteiger partial charge in [-0.3, -0.25) is 14.9 Å². The van der Waals surface area contributed by atoms with Crippen LogP contribution in [0.25, 0.3) is 11.0 Å². The van der Waals surface area contributed by atoms with Gasteiger partial charge >= 0.3 is 0 Å². The number of furan rings is 1. The lowest BCUT2D eigenvalue weighted by Gasteiger charge is -2.14. The lowest BCUT2D eigenvalue weighted by molar-refractivity contribution is 0.0952. The van der Waals surface area contributed by atoms with E-state index < -0.39 is 5.91 Å². The van der Waals surface area contributed by atoms with Crippen LogP contribution in [0.2, 0.25) is 5.02 Å². The maximum absolute atomic E-state index is 12.5. The Kier molecular flexibility index (Phi) is 6.58. The van der Waals surface area contributed by atoms with E-state index in [0.29, 0.717) is 33.3 Å². The number of hydrogen-bond acceptors (Lipinski definition) is 5. The van der Waals surface area contributed by atoms with E-state index in [1.54, 1.807) is 54.6 Å². The maximum Gasteiger partial charge on any atom is 0.293 e. The molecule has 1 heterocycles. The van der Waals surface area contributed by atoms with Gasteiger partial charge in [-0.2, -0.15) is 0 Å². The normalized spacial score (nSPS) is 10.5. The Balaban J connectivity index is 1.42. The summed E-state index contributed by atoms with van der Waals surface area (Å²) in [4.78, 5) is 25.0. The first-order chi connectivity index (χ1) is 15.9. The number of benzene rings is 3. The summed E-state index contributed by atoms with van der Waals surface area (Å²) >= 11 is 11.3.